The third kappa shape index (κ3) is 3.08. The molecule has 21 heavy (non-hydrogen) atoms. The third-order valence-electron chi connectivity index (χ3n) is 4.46. The lowest BCUT2D eigenvalue weighted by atomic mass is 10.00. The van der Waals surface area contributed by atoms with E-state index >= 15 is 0 Å². The predicted octanol–water partition coefficient (Wildman–Crippen LogP) is 2.09. The Balaban J connectivity index is 1.72. The van der Waals surface area contributed by atoms with Crippen LogP contribution in [-0.2, 0) is 0 Å². The Labute approximate surface area is 123 Å². The van der Waals surface area contributed by atoms with Crippen molar-refractivity contribution in [1.82, 2.24) is 5.32 Å². The molecule has 1 aromatic rings. The Morgan fingerprint density at radius 2 is 2.19 bits per heavy atom. The zero-order chi connectivity index (χ0) is 14.9. The van der Waals surface area contributed by atoms with Gasteiger partial charge < -0.3 is 10.4 Å². The van der Waals surface area contributed by atoms with Crippen LogP contribution >= 0.6 is 0 Å². The smallest absolute Gasteiger partial charge is 0.252 e. The molecule has 0 atom stereocenters. The fourth-order valence-electron chi connectivity index (χ4n) is 2.89. The zero-order valence-electron chi connectivity index (χ0n) is 11.8. The fraction of sp³-hybridized carbons (Fsp3) is 0.471. The molecular formula is C17H18FNO2. The van der Waals surface area contributed by atoms with Crippen molar-refractivity contribution in [2.75, 3.05) is 13.2 Å². The number of benzene rings is 1. The standard InChI is InChI=1S/C17H18FNO2/c18-14-6-3-12(2-1-9-20)15(10-14)16(21)19-11-17(7-8-17)13-4-5-13/h3,6,10,13,20H,4-5,7-9,11H2,(H,19,21). The minimum Gasteiger partial charge on any atom is -0.384 e. The van der Waals surface area contributed by atoms with Crippen LogP contribution in [0.2, 0.25) is 0 Å². The maximum Gasteiger partial charge on any atom is 0.252 e. The van der Waals surface area contributed by atoms with Crippen LogP contribution in [0.5, 0.6) is 0 Å². The van der Waals surface area contributed by atoms with Gasteiger partial charge >= 0.3 is 0 Å². The summed E-state index contributed by atoms with van der Waals surface area (Å²) in [6, 6.07) is 3.94. The van der Waals surface area contributed by atoms with Crippen LogP contribution in [0, 0.1) is 29.0 Å². The van der Waals surface area contributed by atoms with E-state index in [0.29, 0.717) is 17.5 Å². The first-order valence-electron chi connectivity index (χ1n) is 7.32. The number of aliphatic hydroxyl groups excluding tert-OH is 1. The summed E-state index contributed by atoms with van der Waals surface area (Å²) in [5, 5.41) is 11.7. The number of halogens is 1. The summed E-state index contributed by atoms with van der Waals surface area (Å²) in [4.78, 5) is 12.3. The molecule has 4 heteroatoms. The topological polar surface area (TPSA) is 49.3 Å². The van der Waals surface area contributed by atoms with Gasteiger partial charge in [0.15, 0.2) is 0 Å². The van der Waals surface area contributed by atoms with Crippen LogP contribution < -0.4 is 5.32 Å². The number of nitrogens with one attached hydrogen (secondary N) is 1. The van der Waals surface area contributed by atoms with Crippen molar-refractivity contribution in [3.8, 4) is 11.8 Å². The van der Waals surface area contributed by atoms with Crippen molar-refractivity contribution in [3.63, 3.8) is 0 Å². The van der Waals surface area contributed by atoms with Gasteiger partial charge in [0.2, 0.25) is 0 Å². The summed E-state index contributed by atoms with van der Waals surface area (Å²) in [5.41, 5.74) is 0.988. The Morgan fingerprint density at radius 1 is 1.43 bits per heavy atom. The average molecular weight is 287 g/mol. The number of carbonyl (C=O) groups is 1. The summed E-state index contributed by atoms with van der Waals surface area (Å²) < 4.78 is 13.4. The van der Waals surface area contributed by atoms with Crippen molar-refractivity contribution in [1.29, 1.82) is 0 Å². The highest BCUT2D eigenvalue weighted by Crippen LogP contribution is 2.60. The normalized spacial score (nSPS) is 18.6. The van der Waals surface area contributed by atoms with Gasteiger partial charge in [-0.05, 0) is 55.2 Å². The zero-order valence-corrected chi connectivity index (χ0v) is 11.8. The maximum absolute atomic E-state index is 13.4. The van der Waals surface area contributed by atoms with E-state index in [-0.39, 0.29) is 18.1 Å². The number of hydrogen-bond donors (Lipinski definition) is 2. The van der Waals surface area contributed by atoms with Crippen LogP contribution in [0.4, 0.5) is 4.39 Å². The van der Waals surface area contributed by atoms with Crippen LogP contribution in [0.15, 0.2) is 18.2 Å². The Hall–Kier alpha value is -1.86. The molecule has 0 spiro atoms. The maximum atomic E-state index is 13.4. The molecule has 0 unspecified atom stereocenters. The molecule has 2 aliphatic rings. The first kappa shape index (κ1) is 14.1. The Bertz CT molecular complexity index is 621. The van der Waals surface area contributed by atoms with Gasteiger partial charge in [0, 0.05) is 12.1 Å². The van der Waals surface area contributed by atoms with Crippen molar-refractivity contribution in [3.05, 3.63) is 35.1 Å². The van der Waals surface area contributed by atoms with Gasteiger partial charge in [0.05, 0.1) is 5.56 Å². The fourth-order valence-corrected chi connectivity index (χ4v) is 2.89. The van der Waals surface area contributed by atoms with E-state index in [2.05, 4.69) is 17.2 Å². The molecule has 3 rings (SSSR count). The van der Waals surface area contributed by atoms with Crippen molar-refractivity contribution < 1.29 is 14.3 Å². The molecule has 1 aromatic carbocycles. The lowest BCUT2D eigenvalue weighted by molar-refractivity contribution is 0.0942. The number of rotatable bonds is 4. The second-order valence-electron chi connectivity index (χ2n) is 5.97. The van der Waals surface area contributed by atoms with E-state index in [1.165, 1.54) is 43.9 Å². The van der Waals surface area contributed by atoms with Gasteiger partial charge in [-0.1, -0.05) is 11.8 Å². The number of carbonyl (C=O) groups excluding carboxylic acids is 1. The van der Waals surface area contributed by atoms with E-state index in [1.54, 1.807) is 0 Å². The molecule has 0 radical (unpaired) electrons. The summed E-state index contributed by atoms with van der Waals surface area (Å²) in [6.45, 7) is 0.378. The third-order valence-corrected chi connectivity index (χ3v) is 4.46. The van der Waals surface area contributed by atoms with Gasteiger partial charge in [0.25, 0.3) is 5.91 Å². The number of hydrogen-bond acceptors (Lipinski definition) is 2. The van der Waals surface area contributed by atoms with Crippen LogP contribution in [0.1, 0.15) is 41.6 Å². The molecule has 110 valence electrons. The quantitative estimate of drug-likeness (QED) is 0.833. The second kappa shape index (κ2) is 5.50. The van der Waals surface area contributed by atoms with Crippen LogP contribution in [-0.4, -0.2) is 24.2 Å². The van der Waals surface area contributed by atoms with Crippen molar-refractivity contribution in [2.45, 2.75) is 25.7 Å². The molecule has 2 N–H and O–H groups in total. The van der Waals surface area contributed by atoms with Crippen LogP contribution in [0.3, 0.4) is 0 Å². The summed E-state index contributed by atoms with van der Waals surface area (Å²) in [6.07, 6.45) is 4.89. The lowest BCUT2D eigenvalue weighted by Gasteiger charge is -2.15. The highest BCUT2D eigenvalue weighted by atomic mass is 19.1. The van der Waals surface area contributed by atoms with Crippen molar-refractivity contribution >= 4 is 5.91 Å². The van der Waals surface area contributed by atoms with E-state index in [1.807, 2.05) is 0 Å². The molecule has 0 aromatic heterocycles. The van der Waals surface area contributed by atoms with E-state index in [4.69, 9.17) is 5.11 Å². The summed E-state index contributed by atoms with van der Waals surface area (Å²) in [7, 11) is 0. The average Bonchev–Trinajstić information content (AvgIpc) is 3.36. The Kier molecular flexibility index (Phi) is 3.69. The molecule has 2 aliphatic carbocycles. The first-order chi connectivity index (χ1) is 10.1. The molecule has 0 heterocycles. The van der Waals surface area contributed by atoms with E-state index in [9.17, 15) is 9.18 Å². The molecule has 1 amide bonds. The summed E-state index contributed by atoms with van der Waals surface area (Å²) >= 11 is 0. The van der Waals surface area contributed by atoms with Gasteiger partial charge in [-0.2, -0.15) is 0 Å². The van der Waals surface area contributed by atoms with Crippen molar-refractivity contribution in [2.24, 2.45) is 11.3 Å². The largest absolute Gasteiger partial charge is 0.384 e. The molecule has 2 fully saturated rings. The molecule has 0 aliphatic heterocycles. The van der Waals surface area contributed by atoms with Gasteiger partial charge in [-0.15, -0.1) is 0 Å². The lowest BCUT2D eigenvalue weighted by Crippen LogP contribution is -2.31. The van der Waals surface area contributed by atoms with Gasteiger partial charge in [-0.25, -0.2) is 4.39 Å². The molecule has 2 saturated carbocycles. The molecule has 3 nitrogen and oxygen atoms in total. The Morgan fingerprint density at radius 3 is 2.81 bits per heavy atom. The van der Waals surface area contributed by atoms with Gasteiger partial charge in [-0.3, -0.25) is 4.79 Å². The monoisotopic (exact) mass is 287 g/mol. The number of amides is 1. The van der Waals surface area contributed by atoms with E-state index < -0.39 is 5.82 Å². The number of aliphatic hydroxyl groups is 1. The first-order valence-corrected chi connectivity index (χ1v) is 7.32. The minimum atomic E-state index is -0.460. The minimum absolute atomic E-state index is 0.238. The molecule has 0 bridgehead atoms. The van der Waals surface area contributed by atoms with E-state index in [0.717, 1.165) is 5.92 Å². The molecule has 0 saturated heterocycles. The highest BCUT2D eigenvalue weighted by molar-refractivity contribution is 5.96. The molecular weight excluding hydrogens is 269 g/mol. The van der Waals surface area contributed by atoms with Crippen LogP contribution in [0.25, 0.3) is 0 Å². The second-order valence-corrected chi connectivity index (χ2v) is 5.97. The SMILES string of the molecule is O=C(NCC1(C2CC2)CC1)c1cc(F)ccc1C#CCO. The van der Waals surface area contributed by atoms with Gasteiger partial charge in [0.1, 0.15) is 12.4 Å². The highest BCUT2D eigenvalue weighted by Gasteiger charge is 2.53. The predicted molar refractivity (Wildman–Crippen MR) is 77.1 cm³/mol. The summed E-state index contributed by atoms with van der Waals surface area (Å²) in [5.74, 6) is 5.20.